The summed E-state index contributed by atoms with van der Waals surface area (Å²) in [5, 5.41) is 8.06. The summed E-state index contributed by atoms with van der Waals surface area (Å²) in [4.78, 5) is 11.6. The highest BCUT2D eigenvalue weighted by atomic mass is 32.2. The number of aliphatic carboxylic acids is 1. The summed E-state index contributed by atoms with van der Waals surface area (Å²) in [7, 11) is -2.39. The number of benzene rings is 1. The molecule has 5 nitrogen and oxygen atoms in total. The fourth-order valence-electron chi connectivity index (χ4n) is 2.94. The van der Waals surface area contributed by atoms with Crippen LogP contribution in [0.15, 0.2) is 29.2 Å². The number of rotatable bonds is 5. The van der Waals surface area contributed by atoms with Crippen LogP contribution < -0.4 is 4.74 Å². The lowest BCUT2D eigenvalue weighted by Gasteiger charge is -2.27. The van der Waals surface area contributed by atoms with Gasteiger partial charge in [0.1, 0.15) is 5.75 Å². The van der Waals surface area contributed by atoms with Gasteiger partial charge in [0.25, 0.3) is 0 Å². The lowest BCUT2D eigenvalue weighted by Crippen LogP contribution is -2.38. The molecule has 1 aliphatic carbocycles. The molecule has 0 aromatic heterocycles. The molecule has 1 atom stereocenters. The minimum absolute atomic E-state index is 0.0428. The van der Waals surface area contributed by atoms with Gasteiger partial charge in [-0.05, 0) is 43.0 Å². The zero-order chi connectivity index (χ0) is 15.5. The van der Waals surface area contributed by atoms with Crippen LogP contribution in [0.1, 0.15) is 32.1 Å². The van der Waals surface area contributed by atoms with Crippen LogP contribution in [0.4, 0.5) is 0 Å². The normalized spacial score (nSPS) is 18.1. The summed E-state index contributed by atoms with van der Waals surface area (Å²) >= 11 is 0. The Morgan fingerprint density at radius 3 is 2.24 bits per heavy atom. The third-order valence-electron chi connectivity index (χ3n) is 4.04. The number of hydrogen-bond acceptors (Lipinski definition) is 4. The molecule has 1 saturated carbocycles. The first kappa shape index (κ1) is 15.8. The molecule has 1 aromatic carbocycles. The van der Waals surface area contributed by atoms with E-state index < -0.39 is 21.1 Å². The molecule has 0 spiro atoms. The molecule has 1 aliphatic rings. The average molecular weight is 312 g/mol. The lowest BCUT2D eigenvalue weighted by atomic mass is 9.87. The molecule has 2 rings (SSSR count). The molecule has 6 heteroatoms. The number of carboxylic acids is 1. The second-order valence-electron chi connectivity index (χ2n) is 5.38. The minimum atomic E-state index is -3.88. The van der Waals surface area contributed by atoms with Gasteiger partial charge in [0.15, 0.2) is 15.1 Å². The average Bonchev–Trinajstić information content (AvgIpc) is 2.48. The molecule has 0 radical (unpaired) electrons. The first-order chi connectivity index (χ1) is 9.96. The molecule has 0 bridgehead atoms. The fraction of sp³-hybridized carbons (Fsp3) is 0.533. The third-order valence-corrected chi connectivity index (χ3v) is 6.23. The monoisotopic (exact) mass is 312 g/mol. The predicted octanol–water partition coefficient (Wildman–Crippen LogP) is 2.50. The summed E-state index contributed by atoms with van der Waals surface area (Å²) in [5.41, 5.74) is 0. The summed E-state index contributed by atoms with van der Waals surface area (Å²) in [6.07, 6.45) is 4.16. The van der Waals surface area contributed by atoms with E-state index in [1.165, 1.54) is 31.4 Å². The van der Waals surface area contributed by atoms with Gasteiger partial charge in [0.05, 0.1) is 12.0 Å². The van der Waals surface area contributed by atoms with Gasteiger partial charge in [-0.25, -0.2) is 8.42 Å². The molecule has 0 aliphatic heterocycles. The van der Waals surface area contributed by atoms with E-state index in [-0.39, 0.29) is 10.8 Å². The van der Waals surface area contributed by atoms with Crippen LogP contribution in [0.25, 0.3) is 0 Å². The Bertz CT molecular complexity index is 585. The van der Waals surface area contributed by atoms with Gasteiger partial charge in [-0.15, -0.1) is 0 Å². The minimum Gasteiger partial charge on any atom is -0.497 e. The Hall–Kier alpha value is -1.56. The Balaban J connectivity index is 2.34. The maximum Gasteiger partial charge on any atom is 0.322 e. The number of sulfone groups is 1. The molecule has 21 heavy (non-hydrogen) atoms. The van der Waals surface area contributed by atoms with Crippen LogP contribution in [0.3, 0.4) is 0 Å². The van der Waals surface area contributed by atoms with Gasteiger partial charge >= 0.3 is 5.97 Å². The van der Waals surface area contributed by atoms with Crippen molar-refractivity contribution in [1.29, 1.82) is 0 Å². The number of ether oxygens (including phenoxy) is 1. The number of carbonyl (C=O) groups is 1. The summed E-state index contributed by atoms with van der Waals surface area (Å²) in [5.74, 6) is -1.01. The zero-order valence-electron chi connectivity index (χ0n) is 12.0. The Labute approximate surface area is 124 Å². The van der Waals surface area contributed by atoms with Crippen molar-refractivity contribution in [2.75, 3.05) is 7.11 Å². The Morgan fingerprint density at radius 1 is 1.19 bits per heavy atom. The molecule has 0 amide bonds. The Kier molecular flexibility index (Phi) is 4.88. The summed E-state index contributed by atoms with van der Waals surface area (Å²) in [6.45, 7) is 0. The van der Waals surface area contributed by atoms with Crippen LogP contribution in [0, 0.1) is 5.92 Å². The van der Waals surface area contributed by atoms with Crippen molar-refractivity contribution in [2.24, 2.45) is 5.92 Å². The molecular formula is C15H20O5S. The number of hydrogen-bond donors (Lipinski definition) is 1. The molecule has 1 N–H and O–H groups in total. The van der Waals surface area contributed by atoms with E-state index in [9.17, 15) is 18.3 Å². The maximum absolute atomic E-state index is 12.7. The second kappa shape index (κ2) is 6.47. The molecular weight excluding hydrogens is 292 g/mol. The highest BCUT2D eigenvalue weighted by Gasteiger charge is 2.40. The van der Waals surface area contributed by atoms with Crippen LogP contribution in [-0.4, -0.2) is 31.9 Å². The molecule has 0 heterocycles. The molecule has 1 unspecified atom stereocenters. The molecule has 1 fully saturated rings. The Morgan fingerprint density at radius 2 is 1.76 bits per heavy atom. The van der Waals surface area contributed by atoms with E-state index in [0.717, 1.165) is 19.3 Å². The first-order valence-electron chi connectivity index (χ1n) is 7.07. The van der Waals surface area contributed by atoms with E-state index in [4.69, 9.17) is 4.74 Å². The molecule has 0 saturated heterocycles. The van der Waals surface area contributed by atoms with Crippen LogP contribution in [0.2, 0.25) is 0 Å². The predicted molar refractivity (Wildman–Crippen MR) is 78.2 cm³/mol. The van der Waals surface area contributed by atoms with Crippen LogP contribution in [-0.2, 0) is 14.6 Å². The van der Waals surface area contributed by atoms with Gasteiger partial charge in [0.2, 0.25) is 0 Å². The van der Waals surface area contributed by atoms with E-state index in [1.54, 1.807) is 0 Å². The van der Waals surface area contributed by atoms with Crippen LogP contribution >= 0.6 is 0 Å². The van der Waals surface area contributed by atoms with Crippen molar-refractivity contribution >= 4 is 15.8 Å². The van der Waals surface area contributed by atoms with Gasteiger partial charge in [0, 0.05) is 0 Å². The zero-order valence-corrected chi connectivity index (χ0v) is 12.8. The van der Waals surface area contributed by atoms with Crippen molar-refractivity contribution < 1.29 is 23.1 Å². The number of methoxy groups -OCH3 is 1. The molecule has 1 aromatic rings. The van der Waals surface area contributed by atoms with Crippen molar-refractivity contribution in [3.63, 3.8) is 0 Å². The van der Waals surface area contributed by atoms with Gasteiger partial charge in [-0.1, -0.05) is 19.3 Å². The highest BCUT2D eigenvalue weighted by molar-refractivity contribution is 7.92. The third kappa shape index (κ3) is 3.37. The largest absolute Gasteiger partial charge is 0.497 e. The van der Waals surface area contributed by atoms with Crippen molar-refractivity contribution in [3.05, 3.63) is 24.3 Å². The van der Waals surface area contributed by atoms with Crippen LogP contribution in [0.5, 0.6) is 5.75 Å². The van der Waals surface area contributed by atoms with Gasteiger partial charge in [-0.3, -0.25) is 4.79 Å². The van der Waals surface area contributed by atoms with E-state index in [1.807, 2.05) is 0 Å². The smallest absolute Gasteiger partial charge is 0.322 e. The van der Waals surface area contributed by atoms with Crippen molar-refractivity contribution in [2.45, 2.75) is 42.2 Å². The standard InChI is InChI=1S/C15H20O5S/c1-20-12-7-9-13(10-8-12)21(18,19)14(15(16)17)11-5-3-2-4-6-11/h7-11,14H,2-6H2,1H3,(H,16,17). The maximum atomic E-state index is 12.7. The van der Waals surface area contributed by atoms with Crippen molar-refractivity contribution in [3.8, 4) is 5.75 Å². The van der Waals surface area contributed by atoms with Crippen molar-refractivity contribution in [1.82, 2.24) is 0 Å². The summed E-state index contributed by atoms with van der Waals surface area (Å²) < 4.78 is 30.3. The highest BCUT2D eigenvalue weighted by Crippen LogP contribution is 2.33. The van der Waals surface area contributed by atoms with E-state index >= 15 is 0 Å². The summed E-state index contributed by atoms with van der Waals surface area (Å²) in [6, 6.07) is 5.89. The number of carboxylic acid groups (broad SMARTS) is 1. The van der Waals surface area contributed by atoms with Gasteiger partial charge in [-0.2, -0.15) is 0 Å². The lowest BCUT2D eigenvalue weighted by molar-refractivity contribution is -0.137. The fourth-order valence-corrected chi connectivity index (χ4v) is 4.79. The van der Waals surface area contributed by atoms with E-state index in [0.29, 0.717) is 18.6 Å². The second-order valence-corrected chi connectivity index (χ2v) is 7.45. The first-order valence-corrected chi connectivity index (χ1v) is 8.62. The van der Waals surface area contributed by atoms with Gasteiger partial charge < -0.3 is 9.84 Å². The SMILES string of the molecule is COc1ccc(S(=O)(=O)C(C(=O)O)C2CCCCC2)cc1. The molecule has 116 valence electrons. The quantitative estimate of drug-likeness (QED) is 0.903. The van der Waals surface area contributed by atoms with E-state index in [2.05, 4.69) is 0 Å². The topological polar surface area (TPSA) is 80.7 Å².